The quantitative estimate of drug-likeness (QED) is 0.834. The molecule has 0 spiro atoms. The van der Waals surface area contributed by atoms with Crippen molar-refractivity contribution in [1.82, 2.24) is 0 Å². The molecule has 0 saturated heterocycles. The summed E-state index contributed by atoms with van der Waals surface area (Å²) in [4.78, 5) is 0. The minimum absolute atomic E-state index is 0. The summed E-state index contributed by atoms with van der Waals surface area (Å²) in [7, 11) is 0. The zero-order valence-electron chi connectivity index (χ0n) is 7.63. The van der Waals surface area contributed by atoms with Crippen LogP contribution in [0.2, 0.25) is 5.02 Å². The highest BCUT2D eigenvalue weighted by atomic mass is 35.5. The molecule has 80 valence electrons. The van der Waals surface area contributed by atoms with Crippen molar-refractivity contribution in [3.8, 4) is 5.75 Å². The summed E-state index contributed by atoms with van der Waals surface area (Å²) in [6.45, 7) is 1.81. The fourth-order valence-corrected chi connectivity index (χ4v) is 1.28. The van der Waals surface area contributed by atoms with E-state index >= 15 is 0 Å². The summed E-state index contributed by atoms with van der Waals surface area (Å²) in [6.07, 6.45) is 0.546. The second-order valence-corrected chi connectivity index (χ2v) is 3.21. The Morgan fingerprint density at radius 2 is 2.14 bits per heavy atom. The lowest BCUT2D eigenvalue weighted by molar-refractivity contribution is 0.447. The molecule has 1 rings (SSSR count). The van der Waals surface area contributed by atoms with Crippen molar-refractivity contribution in [2.24, 2.45) is 5.73 Å². The molecule has 1 aromatic carbocycles. The molecule has 0 heterocycles. The van der Waals surface area contributed by atoms with Gasteiger partial charge in [0, 0.05) is 11.6 Å². The Kier molecular flexibility index (Phi) is 5.19. The number of phenols is 1. The van der Waals surface area contributed by atoms with Gasteiger partial charge in [-0.15, -0.1) is 12.4 Å². The molecule has 0 unspecified atom stereocenters. The summed E-state index contributed by atoms with van der Waals surface area (Å²) < 4.78 is 13.2. The maximum Gasteiger partial charge on any atom is 0.141 e. The molecule has 0 fully saturated rings. The van der Waals surface area contributed by atoms with Crippen molar-refractivity contribution in [3.05, 3.63) is 28.5 Å². The van der Waals surface area contributed by atoms with Crippen LogP contribution in [0.1, 0.15) is 24.9 Å². The van der Waals surface area contributed by atoms with Crippen molar-refractivity contribution < 1.29 is 9.50 Å². The molecule has 0 bridgehead atoms. The number of halogens is 3. The topological polar surface area (TPSA) is 46.2 Å². The van der Waals surface area contributed by atoms with Crippen molar-refractivity contribution in [3.63, 3.8) is 0 Å². The fourth-order valence-electron chi connectivity index (χ4n) is 1.11. The molecule has 0 aliphatic carbocycles. The minimum Gasteiger partial charge on any atom is -0.506 e. The molecule has 1 atom stereocenters. The molecule has 5 heteroatoms. The molecule has 0 aromatic heterocycles. The molecular weight excluding hydrogens is 228 g/mol. The molecule has 0 saturated carbocycles. The van der Waals surface area contributed by atoms with Crippen molar-refractivity contribution >= 4 is 24.0 Å². The molecule has 0 aliphatic rings. The largest absolute Gasteiger partial charge is 0.506 e. The number of phenolic OH excluding ortho intramolecular Hbond substituents is 1. The van der Waals surface area contributed by atoms with Gasteiger partial charge in [0.05, 0.1) is 5.02 Å². The maximum absolute atomic E-state index is 13.2. The van der Waals surface area contributed by atoms with Gasteiger partial charge in [-0.2, -0.15) is 0 Å². The van der Waals surface area contributed by atoms with Gasteiger partial charge in [0.1, 0.15) is 11.6 Å². The van der Waals surface area contributed by atoms with E-state index in [-0.39, 0.29) is 28.7 Å². The molecule has 0 amide bonds. The van der Waals surface area contributed by atoms with Gasteiger partial charge < -0.3 is 10.8 Å². The Bertz CT molecular complexity index is 320. The van der Waals surface area contributed by atoms with E-state index in [9.17, 15) is 9.50 Å². The standard InChI is InChI=1S/C9H11ClFNO.ClH/c1-2-7(12)8-6(11)4-3-5(10)9(8)13;/h3-4,7,13H,2,12H2,1H3;1H/t7-;/m0./s1. The van der Waals surface area contributed by atoms with Gasteiger partial charge in [-0.3, -0.25) is 0 Å². The Balaban J connectivity index is 0.00000169. The second kappa shape index (κ2) is 5.39. The average molecular weight is 240 g/mol. The summed E-state index contributed by atoms with van der Waals surface area (Å²) in [5.74, 6) is -0.771. The third-order valence-corrected chi connectivity index (χ3v) is 2.23. The molecule has 1 aromatic rings. The second-order valence-electron chi connectivity index (χ2n) is 2.81. The normalized spacial score (nSPS) is 12.0. The lowest BCUT2D eigenvalue weighted by atomic mass is 10.0. The van der Waals surface area contributed by atoms with Crippen LogP contribution < -0.4 is 5.73 Å². The van der Waals surface area contributed by atoms with E-state index in [0.29, 0.717) is 6.42 Å². The van der Waals surface area contributed by atoms with Crippen molar-refractivity contribution in [2.75, 3.05) is 0 Å². The number of aromatic hydroxyl groups is 1. The first-order chi connectivity index (χ1) is 6.07. The van der Waals surface area contributed by atoms with Crippen molar-refractivity contribution in [1.29, 1.82) is 0 Å². The van der Waals surface area contributed by atoms with E-state index in [4.69, 9.17) is 17.3 Å². The van der Waals surface area contributed by atoms with E-state index < -0.39 is 11.9 Å². The van der Waals surface area contributed by atoms with E-state index in [1.165, 1.54) is 12.1 Å². The molecule has 14 heavy (non-hydrogen) atoms. The van der Waals surface area contributed by atoms with E-state index in [1.54, 1.807) is 0 Å². The first-order valence-corrected chi connectivity index (χ1v) is 4.38. The zero-order chi connectivity index (χ0) is 10.0. The highest BCUT2D eigenvalue weighted by Crippen LogP contribution is 2.33. The van der Waals surface area contributed by atoms with Gasteiger partial charge in [0.15, 0.2) is 0 Å². The third kappa shape index (κ3) is 2.50. The van der Waals surface area contributed by atoms with Gasteiger partial charge in [-0.05, 0) is 18.6 Å². The zero-order valence-corrected chi connectivity index (χ0v) is 9.20. The predicted molar refractivity (Wildman–Crippen MR) is 57.5 cm³/mol. The SMILES string of the molecule is CC[C@H](N)c1c(F)ccc(Cl)c1O.Cl. The smallest absolute Gasteiger partial charge is 0.141 e. The van der Waals surface area contributed by atoms with Crippen LogP contribution in [0, 0.1) is 5.82 Å². The van der Waals surface area contributed by atoms with Crippen molar-refractivity contribution in [2.45, 2.75) is 19.4 Å². The van der Waals surface area contributed by atoms with E-state index in [1.807, 2.05) is 6.92 Å². The van der Waals surface area contributed by atoms with Crippen LogP contribution in [0.5, 0.6) is 5.75 Å². The summed E-state index contributed by atoms with van der Waals surface area (Å²) in [6, 6.07) is 1.99. The summed E-state index contributed by atoms with van der Waals surface area (Å²) in [5, 5.41) is 9.55. The fraction of sp³-hybridized carbons (Fsp3) is 0.333. The molecule has 2 nitrogen and oxygen atoms in total. The van der Waals surface area contributed by atoms with Crippen LogP contribution in [-0.4, -0.2) is 5.11 Å². The highest BCUT2D eigenvalue weighted by molar-refractivity contribution is 6.32. The monoisotopic (exact) mass is 239 g/mol. The predicted octanol–water partition coefficient (Wildman–Crippen LogP) is 3.02. The van der Waals surface area contributed by atoms with Crippen LogP contribution in [0.15, 0.2) is 12.1 Å². The van der Waals surface area contributed by atoms with Gasteiger partial charge in [0.25, 0.3) is 0 Å². The maximum atomic E-state index is 13.2. The third-order valence-electron chi connectivity index (χ3n) is 1.93. The highest BCUT2D eigenvalue weighted by Gasteiger charge is 2.16. The van der Waals surface area contributed by atoms with Crippen LogP contribution in [0.3, 0.4) is 0 Å². The number of hydrogen-bond acceptors (Lipinski definition) is 2. The van der Waals surface area contributed by atoms with Crippen LogP contribution in [0.4, 0.5) is 4.39 Å². The minimum atomic E-state index is -0.517. The Hall–Kier alpha value is -0.510. The molecule has 3 N–H and O–H groups in total. The Labute approximate surface area is 93.3 Å². The average Bonchev–Trinajstić information content (AvgIpc) is 2.12. The Morgan fingerprint density at radius 3 is 2.64 bits per heavy atom. The molecule has 0 aliphatic heterocycles. The van der Waals surface area contributed by atoms with E-state index in [2.05, 4.69) is 0 Å². The van der Waals surface area contributed by atoms with Crippen LogP contribution in [-0.2, 0) is 0 Å². The van der Waals surface area contributed by atoms with Crippen LogP contribution >= 0.6 is 24.0 Å². The number of rotatable bonds is 2. The van der Waals surface area contributed by atoms with Gasteiger partial charge in [0.2, 0.25) is 0 Å². The lowest BCUT2D eigenvalue weighted by Crippen LogP contribution is -2.11. The first-order valence-electron chi connectivity index (χ1n) is 4.00. The van der Waals surface area contributed by atoms with Gasteiger partial charge in [-0.25, -0.2) is 4.39 Å². The lowest BCUT2D eigenvalue weighted by Gasteiger charge is -2.12. The summed E-state index contributed by atoms with van der Waals surface area (Å²) >= 11 is 5.61. The first kappa shape index (κ1) is 13.5. The van der Waals surface area contributed by atoms with Gasteiger partial charge >= 0.3 is 0 Å². The van der Waals surface area contributed by atoms with E-state index in [0.717, 1.165) is 0 Å². The molecular formula is C9H12Cl2FNO. The number of benzene rings is 1. The van der Waals surface area contributed by atoms with Gasteiger partial charge in [-0.1, -0.05) is 18.5 Å². The summed E-state index contributed by atoms with van der Waals surface area (Å²) in [5.41, 5.74) is 5.70. The Morgan fingerprint density at radius 1 is 1.57 bits per heavy atom. The number of hydrogen-bond donors (Lipinski definition) is 2. The number of nitrogens with two attached hydrogens (primary N) is 1. The molecule has 0 radical (unpaired) electrons. The van der Waals surface area contributed by atoms with Crippen LogP contribution in [0.25, 0.3) is 0 Å².